The van der Waals surface area contributed by atoms with E-state index >= 15 is 0 Å². The second kappa shape index (κ2) is 3.59. The number of fused-ring (bicyclic) bond motifs is 1. The third kappa shape index (κ3) is 1.49. The maximum absolute atomic E-state index is 8.94. The first-order valence-corrected chi connectivity index (χ1v) is 4.86. The van der Waals surface area contributed by atoms with Gasteiger partial charge in [0, 0.05) is 16.9 Å². The predicted octanol–water partition coefficient (Wildman–Crippen LogP) is 1.60. The van der Waals surface area contributed by atoms with Gasteiger partial charge in [-0.05, 0) is 22.0 Å². The van der Waals surface area contributed by atoms with E-state index in [1.807, 2.05) is 16.7 Å². The zero-order valence-electron chi connectivity index (χ0n) is 7.57. The number of hydrogen-bond donors (Lipinski definition) is 1. The zero-order valence-corrected chi connectivity index (χ0v) is 9.15. The molecule has 5 heteroatoms. The first kappa shape index (κ1) is 9.48. The second-order valence-corrected chi connectivity index (χ2v) is 3.76. The van der Waals surface area contributed by atoms with Gasteiger partial charge in [0.1, 0.15) is 0 Å². The molecule has 2 aromatic rings. The van der Waals surface area contributed by atoms with Gasteiger partial charge in [-0.3, -0.25) is 0 Å². The lowest BCUT2D eigenvalue weighted by atomic mass is 10.4. The number of nitrogens with zero attached hydrogens (tertiary/aromatic N) is 2. The van der Waals surface area contributed by atoms with Gasteiger partial charge in [-0.15, -0.1) is 0 Å². The number of imidazole rings is 1. The summed E-state index contributed by atoms with van der Waals surface area (Å²) in [5.74, 6) is 0.680. The summed E-state index contributed by atoms with van der Waals surface area (Å²) in [6, 6.07) is 1.84. The maximum Gasteiger partial charge on any atom is 0.180 e. The fraction of sp³-hybridized carbons (Fsp3) is 0.222. The summed E-state index contributed by atoms with van der Waals surface area (Å²) in [4.78, 5) is 4.21. The molecule has 0 bridgehead atoms. The zero-order chi connectivity index (χ0) is 10.1. The van der Waals surface area contributed by atoms with Gasteiger partial charge < -0.3 is 14.2 Å². The van der Waals surface area contributed by atoms with Crippen LogP contribution in [0.15, 0.2) is 22.9 Å². The van der Waals surface area contributed by atoms with Gasteiger partial charge in [0.05, 0.1) is 19.4 Å². The van der Waals surface area contributed by atoms with Gasteiger partial charge >= 0.3 is 0 Å². The lowest BCUT2D eigenvalue weighted by Gasteiger charge is -2.02. The van der Waals surface area contributed by atoms with Crippen molar-refractivity contribution in [3.8, 4) is 5.75 Å². The third-order valence-electron chi connectivity index (χ3n) is 1.92. The third-order valence-corrected chi connectivity index (χ3v) is 2.35. The quantitative estimate of drug-likeness (QED) is 0.888. The monoisotopic (exact) mass is 256 g/mol. The Kier molecular flexibility index (Phi) is 2.43. The lowest BCUT2D eigenvalue weighted by Crippen LogP contribution is -1.90. The number of ether oxygens (including phenoxy) is 1. The largest absolute Gasteiger partial charge is 0.493 e. The molecule has 0 aliphatic carbocycles. The van der Waals surface area contributed by atoms with Gasteiger partial charge in [-0.2, -0.15) is 0 Å². The second-order valence-electron chi connectivity index (χ2n) is 2.85. The van der Waals surface area contributed by atoms with Crippen molar-refractivity contribution in [3.05, 3.63) is 28.6 Å². The minimum absolute atomic E-state index is 0.0670. The molecule has 0 saturated carbocycles. The van der Waals surface area contributed by atoms with E-state index in [-0.39, 0.29) is 6.61 Å². The van der Waals surface area contributed by atoms with Crippen LogP contribution in [0.4, 0.5) is 0 Å². The van der Waals surface area contributed by atoms with Crippen LogP contribution in [0.25, 0.3) is 5.65 Å². The van der Waals surface area contributed by atoms with Crippen LogP contribution in [0, 0.1) is 0 Å². The molecule has 0 aromatic carbocycles. The van der Waals surface area contributed by atoms with Crippen LogP contribution < -0.4 is 4.74 Å². The molecule has 0 aliphatic heterocycles. The van der Waals surface area contributed by atoms with Crippen molar-refractivity contribution in [1.29, 1.82) is 0 Å². The summed E-state index contributed by atoms with van der Waals surface area (Å²) in [5.41, 5.74) is 1.33. The molecule has 74 valence electrons. The predicted molar refractivity (Wildman–Crippen MR) is 55.4 cm³/mol. The van der Waals surface area contributed by atoms with Gasteiger partial charge in [0.25, 0.3) is 0 Å². The van der Waals surface area contributed by atoms with Gasteiger partial charge in [0.15, 0.2) is 11.4 Å². The molecule has 14 heavy (non-hydrogen) atoms. The van der Waals surface area contributed by atoms with E-state index < -0.39 is 0 Å². The molecule has 0 spiro atoms. The van der Waals surface area contributed by atoms with Gasteiger partial charge in [0.2, 0.25) is 0 Å². The molecule has 4 nitrogen and oxygen atoms in total. The van der Waals surface area contributed by atoms with Crippen LogP contribution in [-0.2, 0) is 6.61 Å². The molecular weight excluding hydrogens is 248 g/mol. The lowest BCUT2D eigenvalue weighted by molar-refractivity contribution is 0.277. The highest BCUT2D eigenvalue weighted by Crippen LogP contribution is 2.23. The highest BCUT2D eigenvalue weighted by Gasteiger charge is 2.07. The average molecular weight is 257 g/mol. The summed E-state index contributed by atoms with van der Waals surface area (Å²) < 4.78 is 7.89. The summed E-state index contributed by atoms with van der Waals surface area (Å²) >= 11 is 3.36. The topological polar surface area (TPSA) is 46.8 Å². The highest BCUT2D eigenvalue weighted by atomic mass is 79.9. The number of aliphatic hydroxyl groups excluding tert-OH is 1. The maximum atomic E-state index is 8.94. The number of halogens is 1. The van der Waals surface area contributed by atoms with Crippen molar-refractivity contribution in [3.63, 3.8) is 0 Å². The Labute approximate surface area is 89.3 Å². The molecule has 0 amide bonds. The Morgan fingerprint density at radius 3 is 3.00 bits per heavy atom. The molecule has 1 N–H and O–H groups in total. The first-order chi connectivity index (χ1) is 6.74. The van der Waals surface area contributed by atoms with Crippen LogP contribution in [0.1, 0.15) is 5.69 Å². The van der Waals surface area contributed by atoms with Crippen LogP contribution in [0.5, 0.6) is 5.75 Å². The van der Waals surface area contributed by atoms with Crippen LogP contribution in [0.2, 0.25) is 0 Å². The number of hydrogen-bond acceptors (Lipinski definition) is 3. The van der Waals surface area contributed by atoms with Crippen molar-refractivity contribution in [2.75, 3.05) is 7.11 Å². The molecule has 2 aromatic heterocycles. The smallest absolute Gasteiger partial charge is 0.180 e. The minimum Gasteiger partial charge on any atom is -0.493 e. The van der Waals surface area contributed by atoms with E-state index in [0.29, 0.717) is 17.1 Å². The number of aromatic nitrogens is 2. The Balaban J connectivity index is 2.71. The molecule has 0 aliphatic rings. The molecule has 2 heterocycles. The Morgan fingerprint density at radius 2 is 2.36 bits per heavy atom. The standard InChI is InChI=1S/C9H9BrN2O2/c1-14-8-2-6(10)3-12-4-7(5-13)11-9(8)12/h2-4,13H,5H2,1H3. The van der Waals surface area contributed by atoms with E-state index in [9.17, 15) is 0 Å². The van der Waals surface area contributed by atoms with Crippen molar-refractivity contribution in [2.24, 2.45) is 0 Å². The highest BCUT2D eigenvalue weighted by molar-refractivity contribution is 9.10. The SMILES string of the molecule is COc1cc(Br)cn2cc(CO)nc12. The van der Waals surface area contributed by atoms with Crippen molar-refractivity contribution >= 4 is 21.6 Å². The fourth-order valence-corrected chi connectivity index (χ4v) is 1.74. The minimum atomic E-state index is -0.0670. The van der Waals surface area contributed by atoms with Crippen LogP contribution in [-0.4, -0.2) is 21.6 Å². The number of pyridine rings is 1. The average Bonchev–Trinajstić information content (AvgIpc) is 2.59. The van der Waals surface area contributed by atoms with E-state index in [1.54, 1.807) is 13.3 Å². The molecule has 0 fully saturated rings. The molecule has 0 saturated heterocycles. The summed E-state index contributed by atoms with van der Waals surface area (Å²) in [7, 11) is 1.59. The van der Waals surface area contributed by atoms with Crippen LogP contribution in [0.3, 0.4) is 0 Å². The van der Waals surface area contributed by atoms with Crippen molar-refractivity contribution in [2.45, 2.75) is 6.61 Å². The molecule has 0 atom stereocenters. The normalized spacial score (nSPS) is 10.8. The summed E-state index contributed by atoms with van der Waals surface area (Å²) in [6.45, 7) is -0.0670. The van der Waals surface area contributed by atoms with Gasteiger partial charge in [-0.1, -0.05) is 0 Å². The number of aliphatic hydroxyl groups is 1. The van der Waals surface area contributed by atoms with Crippen molar-refractivity contribution in [1.82, 2.24) is 9.38 Å². The number of methoxy groups -OCH3 is 1. The van der Waals surface area contributed by atoms with Crippen LogP contribution >= 0.6 is 15.9 Å². The van der Waals surface area contributed by atoms with Crippen molar-refractivity contribution < 1.29 is 9.84 Å². The Hall–Kier alpha value is -1.07. The van der Waals surface area contributed by atoms with E-state index in [1.165, 1.54) is 0 Å². The Morgan fingerprint density at radius 1 is 1.57 bits per heavy atom. The molecule has 0 radical (unpaired) electrons. The summed E-state index contributed by atoms with van der Waals surface area (Å²) in [5, 5.41) is 8.94. The molecular formula is C9H9BrN2O2. The fourth-order valence-electron chi connectivity index (χ4n) is 1.31. The van der Waals surface area contributed by atoms with E-state index in [0.717, 1.165) is 4.47 Å². The van der Waals surface area contributed by atoms with E-state index in [4.69, 9.17) is 9.84 Å². The van der Waals surface area contributed by atoms with E-state index in [2.05, 4.69) is 20.9 Å². The molecule has 2 rings (SSSR count). The number of rotatable bonds is 2. The van der Waals surface area contributed by atoms with Gasteiger partial charge in [-0.25, -0.2) is 4.98 Å². The molecule has 0 unspecified atom stereocenters. The summed E-state index contributed by atoms with van der Waals surface area (Å²) in [6.07, 6.45) is 3.63. The Bertz CT molecular complexity index is 467. The first-order valence-electron chi connectivity index (χ1n) is 4.06.